The number of likely N-dealkylation sites (N-methyl/N-ethyl adjacent to an activating group) is 1. The van der Waals surface area contributed by atoms with Crippen molar-refractivity contribution in [3.8, 4) is 0 Å². The minimum atomic E-state index is 0.0219. The molecule has 0 aromatic carbocycles. The molecule has 0 radical (unpaired) electrons. The highest BCUT2D eigenvalue weighted by atomic mass is 16.2. The van der Waals surface area contributed by atoms with E-state index in [0.29, 0.717) is 13.1 Å². The van der Waals surface area contributed by atoms with Gasteiger partial charge in [-0.05, 0) is 31.4 Å². The fourth-order valence-corrected chi connectivity index (χ4v) is 2.92. The van der Waals surface area contributed by atoms with E-state index in [9.17, 15) is 9.59 Å². The van der Waals surface area contributed by atoms with E-state index in [1.807, 2.05) is 6.92 Å². The monoisotopic (exact) mass is 250 g/mol. The second kappa shape index (κ2) is 5.65. The number of carbonyl (C=O) groups excluding carboxylic acids is 2. The highest BCUT2D eigenvalue weighted by Crippen LogP contribution is 2.36. The highest BCUT2D eigenvalue weighted by Gasteiger charge is 2.42. The van der Waals surface area contributed by atoms with Gasteiger partial charge in [0.25, 0.3) is 0 Å². The Bertz CT molecular complexity index is 343. The molecule has 4 heteroatoms. The first-order valence-electron chi connectivity index (χ1n) is 6.86. The van der Waals surface area contributed by atoms with Crippen molar-refractivity contribution in [2.75, 3.05) is 19.6 Å². The normalized spacial score (nSPS) is 27.5. The summed E-state index contributed by atoms with van der Waals surface area (Å²) >= 11 is 0. The van der Waals surface area contributed by atoms with Crippen LogP contribution < -0.4 is 5.32 Å². The number of imide groups is 1. The number of hydrogen-bond donors (Lipinski definition) is 1. The van der Waals surface area contributed by atoms with Crippen molar-refractivity contribution in [2.24, 2.45) is 11.8 Å². The first kappa shape index (κ1) is 13.3. The van der Waals surface area contributed by atoms with Crippen LogP contribution in [-0.2, 0) is 9.59 Å². The predicted octanol–water partition coefficient (Wildman–Crippen LogP) is 1.33. The van der Waals surface area contributed by atoms with E-state index >= 15 is 0 Å². The lowest BCUT2D eigenvalue weighted by Crippen LogP contribution is -2.52. The SMILES string of the molecule is C=C(CNCC)CN1C(=O)C2CCCC(C2)C1=O. The van der Waals surface area contributed by atoms with Gasteiger partial charge in [0, 0.05) is 18.4 Å². The van der Waals surface area contributed by atoms with Crippen molar-refractivity contribution in [1.82, 2.24) is 10.2 Å². The number of rotatable bonds is 5. The van der Waals surface area contributed by atoms with Crippen LogP contribution in [-0.4, -0.2) is 36.3 Å². The topological polar surface area (TPSA) is 49.4 Å². The summed E-state index contributed by atoms with van der Waals surface area (Å²) in [6, 6.07) is 0. The summed E-state index contributed by atoms with van der Waals surface area (Å²) in [6.07, 6.45) is 3.67. The van der Waals surface area contributed by atoms with Gasteiger partial charge in [0.1, 0.15) is 0 Å². The van der Waals surface area contributed by atoms with Gasteiger partial charge in [-0.2, -0.15) is 0 Å². The van der Waals surface area contributed by atoms with E-state index in [-0.39, 0.29) is 23.7 Å². The molecule has 2 unspecified atom stereocenters. The maximum atomic E-state index is 12.2. The molecule has 1 saturated heterocycles. The molecule has 2 amide bonds. The van der Waals surface area contributed by atoms with E-state index < -0.39 is 0 Å². The van der Waals surface area contributed by atoms with Gasteiger partial charge in [0.2, 0.25) is 11.8 Å². The van der Waals surface area contributed by atoms with Crippen LogP contribution >= 0.6 is 0 Å². The fraction of sp³-hybridized carbons (Fsp3) is 0.714. The van der Waals surface area contributed by atoms with Gasteiger partial charge in [-0.1, -0.05) is 19.9 Å². The van der Waals surface area contributed by atoms with E-state index in [1.165, 1.54) is 4.90 Å². The third kappa shape index (κ3) is 2.64. The van der Waals surface area contributed by atoms with Crippen LogP contribution in [0, 0.1) is 11.8 Å². The summed E-state index contributed by atoms with van der Waals surface area (Å²) in [4.78, 5) is 25.8. The number of amides is 2. The fourth-order valence-electron chi connectivity index (χ4n) is 2.92. The summed E-state index contributed by atoms with van der Waals surface area (Å²) in [7, 11) is 0. The molecule has 0 aromatic rings. The minimum Gasteiger partial charge on any atom is -0.313 e. The van der Waals surface area contributed by atoms with Crippen molar-refractivity contribution in [2.45, 2.75) is 32.6 Å². The molecule has 2 aliphatic rings. The Morgan fingerprint density at radius 1 is 1.33 bits per heavy atom. The van der Waals surface area contributed by atoms with Crippen molar-refractivity contribution >= 4 is 11.8 Å². The number of nitrogens with one attached hydrogen (secondary N) is 1. The average Bonchev–Trinajstić information content (AvgIpc) is 2.40. The smallest absolute Gasteiger partial charge is 0.232 e. The molecule has 2 fully saturated rings. The maximum Gasteiger partial charge on any atom is 0.232 e. The summed E-state index contributed by atoms with van der Waals surface area (Å²) in [5.41, 5.74) is 0.901. The second-order valence-electron chi connectivity index (χ2n) is 5.35. The lowest BCUT2D eigenvalue weighted by Gasteiger charge is -2.39. The zero-order valence-electron chi connectivity index (χ0n) is 11.1. The Balaban J connectivity index is 2.00. The third-order valence-corrected chi connectivity index (χ3v) is 3.91. The lowest BCUT2D eigenvalue weighted by atomic mass is 9.77. The number of carbonyl (C=O) groups is 2. The van der Waals surface area contributed by atoms with Gasteiger partial charge in [0.15, 0.2) is 0 Å². The van der Waals surface area contributed by atoms with Crippen molar-refractivity contribution in [3.63, 3.8) is 0 Å². The highest BCUT2D eigenvalue weighted by molar-refractivity contribution is 6.00. The standard InChI is InChI=1S/C14H22N2O2/c1-3-15-8-10(2)9-16-13(17)11-5-4-6-12(7-11)14(16)18/h11-12,15H,2-9H2,1H3. The molecule has 100 valence electrons. The first-order chi connectivity index (χ1) is 8.63. The number of fused-ring (bicyclic) bond motifs is 2. The van der Waals surface area contributed by atoms with Crippen LogP contribution in [0.2, 0.25) is 0 Å². The number of nitrogens with zero attached hydrogens (tertiary/aromatic N) is 1. The van der Waals surface area contributed by atoms with Crippen molar-refractivity contribution in [1.29, 1.82) is 0 Å². The number of piperidine rings is 1. The summed E-state index contributed by atoms with van der Waals surface area (Å²) in [6.45, 7) is 7.89. The third-order valence-electron chi connectivity index (χ3n) is 3.91. The number of likely N-dealkylation sites (tertiary alicyclic amines) is 1. The molecule has 1 aliphatic heterocycles. The summed E-state index contributed by atoms with van der Waals surface area (Å²) in [5.74, 6) is 0.198. The van der Waals surface area contributed by atoms with E-state index in [1.54, 1.807) is 0 Å². The molecule has 4 nitrogen and oxygen atoms in total. The maximum absolute atomic E-state index is 12.2. The Kier molecular flexibility index (Phi) is 4.17. The molecule has 1 heterocycles. The van der Waals surface area contributed by atoms with Gasteiger partial charge in [-0.25, -0.2) is 0 Å². The van der Waals surface area contributed by atoms with Crippen molar-refractivity contribution < 1.29 is 9.59 Å². The lowest BCUT2D eigenvalue weighted by molar-refractivity contribution is -0.157. The Morgan fingerprint density at radius 3 is 2.50 bits per heavy atom. The molecule has 18 heavy (non-hydrogen) atoms. The van der Waals surface area contributed by atoms with Crippen LogP contribution in [0.4, 0.5) is 0 Å². The summed E-state index contributed by atoms with van der Waals surface area (Å²) < 4.78 is 0. The zero-order chi connectivity index (χ0) is 13.1. The molecule has 1 N–H and O–H groups in total. The molecule has 2 rings (SSSR count). The molecule has 0 aromatic heterocycles. The predicted molar refractivity (Wildman–Crippen MR) is 69.9 cm³/mol. The van der Waals surface area contributed by atoms with Crippen LogP contribution in [0.15, 0.2) is 12.2 Å². The molecular weight excluding hydrogens is 228 g/mol. The van der Waals surface area contributed by atoms with Gasteiger partial charge in [-0.3, -0.25) is 14.5 Å². The molecule has 1 aliphatic carbocycles. The Hall–Kier alpha value is -1.16. The van der Waals surface area contributed by atoms with E-state index in [4.69, 9.17) is 0 Å². The van der Waals surface area contributed by atoms with Crippen LogP contribution in [0.25, 0.3) is 0 Å². The number of hydrogen-bond acceptors (Lipinski definition) is 3. The summed E-state index contributed by atoms with van der Waals surface area (Å²) in [5, 5.41) is 3.17. The quantitative estimate of drug-likeness (QED) is 0.591. The molecule has 1 saturated carbocycles. The minimum absolute atomic E-state index is 0.0219. The van der Waals surface area contributed by atoms with Gasteiger partial charge >= 0.3 is 0 Å². The van der Waals surface area contributed by atoms with Gasteiger partial charge < -0.3 is 5.32 Å². The van der Waals surface area contributed by atoms with E-state index in [0.717, 1.165) is 37.8 Å². The molecular formula is C14H22N2O2. The Morgan fingerprint density at radius 2 is 1.94 bits per heavy atom. The van der Waals surface area contributed by atoms with Crippen LogP contribution in [0.5, 0.6) is 0 Å². The molecule has 0 spiro atoms. The van der Waals surface area contributed by atoms with Gasteiger partial charge in [-0.15, -0.1) is 0 Å². The Labute approximate surface area is 108 Å². The molecule has 2 bridgehead atoms. The molecule has 2 atom stereocenters. The largest absolute Gasteiger partial charge is 0.313 e. The first-order valence-corrected chi connectivity index (χ1v) is 6.86. The van der Waals surface area contributed by atoms with Crippen LogP contribution in [0.1, 0.15) is 32.6 Å². The average molecular weight is 250 g/mol. The van der Waals surface area contributed by atoms with Gasteiger partial charge in [0.05, 0.1) is 6.54 Å². The zero-order valence-corrected chi connectivity index (χ0v) is 11.1. The second-order valence-corrected chi connectivity index (χ2v) is 5.35. The van der Waals surface area contributed by atoms with Crippen molar-refractivity contribution in [3.05, 3.63) is 12.2 Å². The van der Waals surface area contributed by atoms with Crippen LogP contribution in [0.3, 0.4) is 0 Å². The van der Waals surface area contributed by atoms with E-state index in [2.05, 4.69) is 11.9 Å².